The highest BCUT2D eigenvalue weighted by atomic mass is 32.2. The Labute approximate surface area is 133 Å². The number of hydrogen-bond acceptors (Lipinski definition) is 7. The van der Waals surface area contributed by atoms with Crippen molar-refractivity contribution in [2.75, 3.05) is 12.4 Å². The van der Waals surface area contributed by atoms with Crippen LogP contribution in [0.1, 0.15) is 27.7 Å². The minimum Gasteiger partial charge on any atom is -0.463 e. The van der Waals surface area contributed by atoms with Crippen molar-refractivity contribution in [1.82, 2.24) is 0 Å². The largest absolute Gasteiger partial charge is 0.463 e. The molecule has 22 heavy (non-hydrogen) atoms. The lowest BCUT2D eigenvalue weighted by molar-refractivity contribution is -0.175. The van der Waals surface area contributed by atoms with Gasteiger partial charge in [-0.1, -0.05) is 19.0 Å². The summed E-state index contributed by atoms with van der Waals surface area (Å²) >= 11 is 1.56. The average molecular weight is 331 g/mol. The van der Waals surface area contributed by atoms with E-state index in [9.17, 15) is 9.59 Å². The fraction of sp³-hybridized carbons (Fsp3) is 0.846. The zero-order valence-electron chi connectivity index (χ0n) is 13.1. The van der Waals surface area contributed by atoms with Gasteiger partial charge in [-0.3, -0.25) is 9.59 Å². The van der Waals surface area contributed by atoms with E-state index in [-0.39, 0.29) is 18.0 Å². The molecule has 0 N–H and O–H groups in total. The highest BCUT2D eigenvalue weighted by molar-refractivity contribution is 7.99. The van der Waals surface area contributed by atoms with Crippen LogP contribution >= 0.6 is 11.8 Å². The number of carbonyl (C=O) groups is 2. The zero-order chi connectivity index (χ0) is 16.7. The van der Waals surface area contributed by atoms with Crippen LogP contribution in [0.15, 0.2) is 5.11 Å². The molecule has 5 atom stereocenters. The summed E-state index contributed by atoms with van der Waals surface area (Å²) in [6, 6.07) is -0.739. The van der Waals surface area contributed by atoms with Gasteiger partial charge in [0, 0.05) is 24.7 Å². The van der Waals surface area contributed by atoms with Gasteiger partial charge < -0.3 is 14.2 Å². The van der Waals surface area contributed by atoms with Crippen LogP contribution in [-0.4, -0.2) is 48.0 Å². The molecule has 0 aromatic rings. The van der Waals surface area contributed by atoms with E-state index in [0.29, 0.717) is 0 Å². The molecular weight excluding hydrogens is 310 g/mol. The first-order valence-electron chi connectivity index (χ1n) is 7.02. The predicted octanol–water partition coefficient (Wildman–Crippen LogP) is 2.27. The Morgan fingerprint density at radius 2 is 2.05 bits per heavy atom. The van der Waals surface area contributed by atoms with E-state index in [0.717, 1.165) is 5.75 Å². The number of ether oxygens (including phenoxy) is 3. The van der Waals surface area contributed by atoms with Gasteiger partial charge in [-0.15, -0.1) is 11.8 Å². The molecule has 0 saturated carbocycles. The van der Waals surface area contributed by atoms with Crippen LogP contribution in [0.5, 0.6) is 0 Å². The lowest BCUT2D eigenvalue weighted by Crippen LogP contribution is -2.54. The molecule has 1 rings (SSSR count). The van der Waals surface area contributed by atoms with Gasteiger partial charge in [-0.2, -0.15) is 0 Å². The van der Waals surface area contributed by atoms with Crippen molar-refractivity contribution in [3.63, 3.8) is 0 Å². The van der Waals surface area contributed by atoms with Crippen molar-refractivity contribution in [3.05, 3.63) is 10.4 Å². The summed E-state index contributed by atoms with van der Waals surface area (Å²) in [4.78, 5) is 25.2. The molecule has 8 nitrogen and oxygen atoms in total. The third-order valence-corrected chi connectivity index (χ3v) is 4.45. The third-order valence-electron chi connectivity index (χ3n) is 3.24. The van der Waals surface area contributed by atoms with Crippen molar-refractivity contribution < 1.29 is 23.8 Å². The molecule has 0 spiro atoms. The molecule has 1 saturated heterocycles. The quantitative estimate of drug-likeness (QED) is 0.319. The van der Waals surface area contributed by atoms with Gasteiger partial charge in [-0.05, 0) is 11.3 Å². The summed E-state index contributed by atoms with van der Waals surface area (Å²) < 4.78 is 16.2. The van der Waals surface area contributed by atoms with Crippen LogP contribution in [0.25, 0.3) is 10.4 Å². The normalized spacial score (nSPS) is 31.0. The van der Waals surface area contributed by atoms with Gasteiger partial charge >= 0.3 is 11.9 Å². The van der Waals surface area contributed by atoms with Crippen molar-refractivity contribution in [2.45, 2.75) is 51.4 Å². The standard InChI is InChI=1S/C13H21N3O5S/c1-5-22-13-7(2)12(20-9(4)18)11(15-16-14)10(21-13)6-19-8(3)17/h7,10-13H,5-6H2,1-4H3/t7?,10?,11?,12?,13-/m0/s1. The minimum absolute atomic E-state index is 0.0513. The Morgan fingerprint density at radius 3 is 2.55 bits per heavy atom. The molecule has 9 heteroatoms. The predicted molar refractivity (Wildman–Crippen MR) is 81.1 cm³/mol. The van der Waals surface area contributed by atoms with Crippen molar-refractivity contribution in [1.29, 1.82) is 0 Å². The Balaban J connectivity index is 3.01. The summed E-state index contributed by atoms with van der Waals surface area (Å²) in [5.41, 5.74) is 8.53. The maximum atomic E-state index is 11.4. The molecule has 1 heterocycles. The average Bonchev–Trinajstić information content (AvgIpc) is 2.44. The molecule has 0 aliphatic carbocycles. The first-order chi connectivity index (χ1) is 10.4. The maximum absolute atomic E-state index is 11.4. The number of azide groups is 1. The number of hydrogen-bond donors (Lipinski definition) is 0. The Morgan fingerprint density at radius 1 is 1.36 bits per heavy atom. The van der Waals surface area contributed by atoms with Crippen molar-refractivity contribution >= 4 is 23.7 Å². The van der Waals surface area contributed by atoms with E-state index in [1.165, 1.54) is 13.8 Å². The first kappa shape index (κ1) is 18.6. The van der Waals surface area contributed by atoms with Gasteiger partial charge in [0.1, 0.15) is 30.3 Å². The number of thioether (sulfide) groups is 1. The van der Waals surface area contributed by atoms with Crippen molar-refractivity contribution in [3.8, 4) is 0 Å². The van der Waals surface area contributed by atoms with Gasteiger partial charge in [-0.25, -0.2) is 0 Å². The zero-order valence-corrected chi connectivity index (χ0v) is 13.9. The Bertz CT molecular complexity index is 455. The van der Waals surface area contributed by atoms with E-state index < -0.39 is 30.2 Å². The molecule has 0 bridgehead atoms. The molecule has 1 fully saturated rings. The molecule has 0 amide bonds. The van der Waals surface area contributed by atoms with Crippen LogP contribution in [0.3, 0.4) is 0 Å². The molecule has 4 unspecified atom stereocenters. The lowest BCUT2D eigenvalue weighted by Gasteiger charge is -2.43. The van der Waals surface area contributed by atoms with E-state index >= 15 is 0 Å². The number of rotatable bonds is 6. The molecule has 0 radical (unpaired) electrons. The smallest absolute Gasteiger partial charge is 0.302 e. The SMILES string of the molecule is CCS[C@@H]1OC(COC(C)=O)C(N=[N+]=[N-])C(OC(C)=O)C1C. The lowest BCUT2D eigenvalue weighted by atomic mass is 9.91. The van der Waals surface area contributed by atoms with Gasteiger partial charge in [0.05, 0.1) is 0 Å². The van der Waals surface area contributed by atoms with Gasteiger partial charge in [0.25, 0.3) is 0 Å². The number of carbonyl (C=O) groups excluding carboxylic acids is 2. The second-order valence-electron chi connectivity index (χ2n) is 4.93. The number of nitrogens with zero attached hydrogens (tertiary/aromatic N) is 3. The van der Waals surface area contributed by atoms with E-state index in [2.05, 4.69) is 10.0 Å². The summed E-state index contributed by atoms with van der Waals surface area (Å²) in [6.07, 6.45) is -1.27. The van der Waals surface area contributed by atoms with Crippen LogP contribution in [0.4, 0.5) is 0 Å². The summed E-state index contributed by atoms with van der Waals surface area (Å²) in [5.74, 6) is -0.249. The fourth-order valence-corrected chi connectivity index (χ4v) is 3.32. The summed E-state index contributed by atoms with van der Waals surface area (Å²) in [7, 11) is 0. The van der Waals surface area contributed by atoms with Crippen LogP contribution < -0.4 is 0 Å². The second kappa shape index (κ2) is 8.87. The van der Waals surface area contributed by atoms with Crippen molar-refractivity contribution in [2.24, 2.45) is 11.0 Å². The molecule has 124 valence electrons. The van der Waals surface area contributed by atoms with Crippen LogP contribution in [0.2, 0.25) is 0 Å². The van der Waals surface area contributed by atoms with Gasteiger partial charge in [0.2, 0.25) is 0 Å². The summed E-state index contributed by atoms with van der Waals surface area (Å²) in [6.45, 7) is 6.41. The van der Waals surface area contributed by atoms with Gasteiger partial charge in [0.15, 0.2) is 0 Å². The molecule has 1 aliphatic heterocycles. The van der Waals surface area contributed by atoms with E-state index in [4.69, 9.17) is 19.7 Å². The van der Waals surface area contributed by atoms with E-state index in [1.807, 2.05) is 13.8 Å². The molecular formula is C13H21N3O5S. The van der Waals surface area contributed by atoms with Crippen LogP contribution in [0, 0.1) is 5.92 Å². The first-order valence-corrected chi connectivity index (χ1v) is 8.07. The topological polar surface area (TPSA) is 111 Å². The molecule has 0 aromatic carbocycles. The highest BCUT2D eigenvalue weighted by Crippen LogP contribution is 2.36. The third kappa shape index (κ3) is 5.08. The molecule has 1 aliphatic rings. The summed E-state index contributed by atoms with van der Waals surface area (Å²) in [5, 5.41) is 3.70. The Kier molecular flexibility index (Phi) is 7.50. The maximum Gasteiger partial charge on any atom is 0.302 e. The number of esters is 2. The Hall–Kier alpha value is -1.44. The van der Waals surface area contributed by atoms with E-state index in [1.54, 1.807) is 11.8 Å². The monoisotopic (exact) mass is 331 g/mol. The fourth-order valence-electron chi connectivity index (χ4n) is 2.32. The second-order valence-corrected chi connectivity index (χ2v) is 6.30. The molecule has 0 aromatic heterocycles. The van der Waals surface area contributed by atoms with Crippen LogP contribution in [-0.2, 0) is 23.8 Å². The minimum atomic E-state index is -0.739. The highest BCUT2D eigenvalue weighted by Gasteiger charge is 2.45.